The first-order valence-corrected chi connectivity index (χ1v) is 19.2. The molecule has 9 aromatic rings. The van der Waals surface area contributed by atoms with Gasteiger partial charge in [-0.3, -0.25) is 4.98 Å². The first-order valence-electron chi connectivity index (χ1n) is 19.2. The van der Waals surface area contributed by atoms with Gasteiger partial charge >= 0.3 is 0 Å². The maximum absolute atomic E-state index is 5.02. The van der Waals surface area contributed by atoms with Crippen molar-refractivity contribution in [3.05, 3.63) is 217 Å². The molecule has 1 aliphatic heterocycles. The first kappa shape index (κ1) is 34.6. The van der Waals surface area contributed by atoms with Crippen LogP contribution in [0.1, 0.15) is 22.9 Å². The lowest BCUT2D eigenvalue weighted by atomic mass is 9.98. The van der Waals surface area contributed by atoms with Gasteiger partial charge < -0.3 is 5.32 Å². The predicted molar refractivity (Wildman–Crippen MR) is 234 cm³/mol. The van der Waals surface area contributed by atoms with Crippen molar-refractivity contribution >= 4 is 22.6 Å². The van der Waals surface area contributed by atoms with Crippen molar-refractivity contribution in [3.8, 4) is 56.4 Å². The average molecular weight is 746 g/mol. The van der Waals surface area contributed by atoms with E-state index in [4.69, 9.17) is 29.9 Å². The number of fused-ring (bicyclic) bond motifs is 1. The van der Waals surface area contributed by atoms with Crippen LogP contribution in [-0.4, -0.2) is 31.6 Å². The standard InChI is InChI=1S/C51H35N7/c1-5-14-36(15-6-1)46-53-47(37-16-7-2-8-17-37)56-50(55-46)40-28-24-34(25-29-40)43-32-42-22-13-23-44(45(42)52-33-43)35-26-30-41(31-27-35)51-57-48(38-18-9-3-10-19-38)54-49(58-51)39-20-11-4-12-21-39/h1-33,46H,(H,53,55,56). The number of rotatable bonds is 8. The number of aromatic nitrogens is 4. The lowest BCUT2D eigenvalue weighted by Crippen LogP contribution is -2.33. The van der Waals surface area contributed by atoms with Gasteiger partial charge in [-0.15, -0.1) is 0 Å². The maximum Gasteiger partial charge on any atom is 0.164 e. The highest BCUT2D eigenvalue weighted by atomic mass is 15.2. The molecule has 7 aromatic carbocycles. The number of benzene rings is 7. The van der Waals surface area contributed by atoms with Crippen LogP contribution >= 0.6 is 0 Å². The fraction of sp³-hybridized carbons (Fsp3) is 0.0196. The molecule has 0 bridgehead atoms. The summed E-state index contributed by atoms with van der Waals surface area (Å²) in [5.74, 6) is 3.39. The molecule has 0 aliphatic carbocycles. The number of nitrogens with one attached hydrogen (secondary N) is 1. The van der Waals surface area contributed by atoms with E-state index < -0.39 is 0 Å². The summed E-state index contributed by atoms with van der Waals surface area (Å²) in [5, 5.41) is 4.63. The molecule has 274 valence electrons. The van der Waals surface area contributed by atoms with Gasteiger partial charge in [0.15, 0.2) is 23.3 Å². The second-order valence-corrected chi connectivity index (χ2v) is 14.0. The molecule has 58 heavy (non-hydrogen) atoms. The zero-order chi connectivity index (χ0) is 38.7. The summed E-state index contributed by atoms with van der Waals surface area (Å²) in [7, 11) is 0. The Labute approximate surface area is 336 Å². The van der Waals surface area contributed by atoms with E-state index in [1.807, 2.05) is 115 Å². The Morgan fingerprint density at radius 3 is 1.50 bits per heavy atom. The Morgan fingerprint density at radius 2 is 0.897 bits per heavy atom. The van der Waals surface area contributed by atoms with Gasteiger partial charge in [0.25, 0.3) is 0 Å². The fourth-order valence-electron chi connectivity index (χ4n) is 7.23. The third-order valence-electron chi connectivity index (χ3n) is 10.2. The molecule has 3 heterocycles. The van der Waals surface area contributed by atoms with Crippen LogP contribution in [0.25, 0.3) is 67.3 Å². The maximum atomic E-state index is 5.02. The van der Waals surface area contributed by atoms with Crippen molar-refractivity contribution in [2.45, 2.75) is 6.17 Å². The van der Waals surface area contributed by atoms with E-state index in [0.717, 1.165) is 72.4 Å². The summed E-state index contributed by atoms with van der Waals surface area (Å²) in [6.45, 7) is 0. The lowest BCUT2D eigenvalue weighted by Gasteiger charge is -2.23. The van der Waals surface area contributed by atoms with E-state index >= 15 is 0 Å². The van der Waals surface area contributed by atoms with Crippen molar-refractivity contribution in [1.29, 1.82) is 0 Å². The molecule has 1 N–H and O–H groups in total. The van der Waals surface area contributed by atoms with Crippen LogP contribution in [0, 0.1) is 0 Å². The van der Waals surface area contributed by atoms with Gasteiger partial charge in [0.05, 0.1) is 5.52 Å². The highest BCUT2D eigenvalue weighted by Gasteiger charge is 2.21. The van der Waals surface area contributed by atoms with Gasteiger partial charge in [0.2, 0.25) is 0 Å². The van der Waals surface area contributed by atoms with Crippen LogP contribution in [0.5, 0.6) is 0 Å². The number of amidine groups is 2. The Hall–Kier alpha value is -7.90. The lowest BCUT2D eigenvalue weighted by molar-refractivity contribution is 0.674. The minimum atomic E-state index is -0.248. The third kappa shape index (κ3) is 7.04. The molecule has 1 atom stereocenters. The number of para-hydroxylation sites is 1. The zero-order valence-corrected chi connectivity index (χ0v) is 31.3. The summed E-state index contributed by atoms with van der Waals surface area (Å²) in [6, 6.07) is 65.8. The van der Waals surface area contributed by atoms with Crippen LogP contribution < -0.4 is 5.32 Å². The quantitative estimate of drug-likeness (QED) is 0.167. The van der Waals surface area contributed by atoms with E-state index in [1.54, 1.807) is 0 Å². The summed E-state index contributed by atoms with van der Waals surface area (Å²) < 4.78 is 0. The molecular weight excluding hydrogens is 711 g/mol. The van der Waals surface area contributed by atoms with Crippen molar-refractivity contribution in [2.75, 3.05) is 0 Å². The predicted octanol–water partition coefficient (Wildman–Crippen LogP) is 11.3. The van der Waals surface area contributed by atoms with Gasteiger partial charge in [-0.1, -0.05) is 188 Å². The summed E-state index contributed by atoms with van der Waals surface area (Å²) in [6.07, 6.45) is 1.71. The molecule has 0 saturated heterocycles. The topological polar surface area (TPSA) is 88.3 Å². The molecule has 0 saturated carbocycles. The van der Waals surface area contributed by atoms with Crippen molar-refractivity contribution in [2.24, 2.45) is 9.98 Å². The monoisotopic (exact) mass is 745 g/mol. The van der Waals surface area contributed by atoms with Crippen molar-refractivity contribution in [3.63, 3.8) is 0 Å². The molecule has 0 amide bonds. The molecule has 7 heteroatoms. The number of pyridine rings is 1. The van der Waals surface area contributed by atoms with E-state index in [1.165, 1.54) is 0 Å². The number of aliphatic imine (C=N–C) groups is 2. The van der Waals surface area contributed by atoms with Gasteiger partial charge in [-0.05, 0) is 22.8 Å². The van der Waals surface area contributed by atoms with Crippen LogP contribution in [0.15, 0.2) is 210 Å². The van der Waals surface area contributed by atoms with Crippen LogP contribution in [0.3, 0.4) is 0 Å². The second kappa shape index (κ2) is 15.3. The normalized spacial score (nSPS) is 13.7. The number of nitrogens with zero attached hydrogens (tertiary/aromatic N) is 6. The molecule has 1 unspecified atom stereocenters. The smallest absolute Gasteiger partial charge is 0.164 e. The summed E-state index contributed by atoms with van der Waals surface area (Å²) >= 11 is 0. The average Bonchev–Trinajstić information content (AvgIpc) is 3.32. The molecule has 0 radical (unpaired) electrons. The molecule has 10 rings (SSSR count). The first-order chi connectivity index (χ1) is 28.7. The Balaban J connectivity index is 0.929. The molecule has 0 fully saturated rings. The molecule has 1 aliphatic rings. The van der Waals surface area contributed by atoms with Crippen molar-refractivity contribution in [1.82, 2.24) is 25.3 Å². The zero-order valence-electron chi connectivity index (χ0n) is 31.3. The highest BCUT2D eigenvalue weighted by Crippen LogP contribution is 2.32. The van der Waals surface area contributed by atoms with E-state index in [-0.39, 0.29) is 6.17 Å². The molecular formula is C51H35N7. The van der Waals surface area contributed by atoms with Crippen LogP contribution in [0.2, 0.25) is 0 Å². The second-order valence-electron chi connectivity index (χ2n) is 14.0. The van der Waals surface area contributed by atoms with Gasteiger partial charge in [0.1, 0.15) is 12.0 Å². The Morgan fingerprint density at radius 1 is 0.397 bits per heavy atom. The Bertz CT molecular complexity index is 2870. The van der Waals surface area contributed by atoms with E-state index in [2.05, 4.69) is 90.2 Å². The SMILES string of the molecule is c1ccc(C2=NC(c3ccccc3)NC(c3ccc(-c4cnc5c(-c6ccc(-c7nc(-c8ccccc8)nc(-c8ccccc8)n7)cc6)cccc5c4)cc3)=N2)cc1. The molecule has 7 nitrogen and oxygen atoms in total. The van der Waals surface area contributed by atoms with Crippen LogP contribution in [0.4, 0.5) is 0 Å². The highest BCUT2D eigenvalue weighted by molar-refractivity contribution is 6.13. The molecule has 2 aromatic heterocycles. The number of hydrogen-bond acceptors (Lipinski definition) is 7. The summed E-state index contributed by atoms with van der Waals surface area (Å²) in [5.41, 5.74) is 11.0. The van der Waals surface area contributed by atoms with E-state index in [0.29, 0.717) is 23.3 Å². The van der Waals surface area contributed by atoms with Gasteiger partial charge in [-0.25, -0.2) is 24.9 Å². The fourth-order valence-corrected chi connectivity index (χ4v) is 7.23. The number of hydrogen-bond donors (Lipinski definition) is 1. The van der Waals surface area contributed by atoms with Gasteiger partial charge in [-0.2, -0.15) is 0 Å². The van der Waals surface area contributed by atoms with Gasteiger partial charge in [0, 0.05) is 50.5 Å². The minimum Gasteiger partial charge on any atom is -0.344 e. The van der Waals surface area contributed by atoms with Crippen molar-refractivity contribution < 1.29 is 0 Å². The minimum absolute atomic E-state index is 0.248. The summed E-state index contributed by atoms with van der Waals surface area (Å²) in [4.78, 5) is 29.6. The van der Waals surface area contributed by atoms with Crippen LogP contribution in [-0.2, 0) is 0 Å². The third-order valence-corrected chi connectivity index (χ3v) is 10.2. The molecule has 0 spiro atoms. The largest absolute Gasteiger partial charge is 0.344 e. The Kier molecular flexibility index (Phi) is 9.14. The van der Waals surface area contributed by atoms with E-state index in [9.17, 15) is 0 Å².